The molecule has 1 fully saturated rings. The third-order valence-corrected chi connectivity index (χ3v) is 4.92. The molecular weight excluding hydrogens is 274 g/mol. The molecule has 1 heterocycles. The molecule has 1 N–H and O–H groups in total. The first-order valence-corrected chi connectivity index (χ1v) is 7.64. The first kappa shape index (κ1) is 11.6. The van der Waals surface area contributed by atoms with E-state index in [0.29, 0.717) is 0 Å². The van der Waals surface area contributed by atoms with Gasteiger partial charge in [0.05, 0.1) is 0 Å². The Bertz CT molecular complexity index is 396. The number of hydrogen-bond acceptors (Lipinski definition) is 1. The lowest BCUT2D eigenvalue weighted by Gasteiger charge is -2.34. The fourth-order valence-electron chi connectivity index (χ4n) is 3.43. The van der Waals surface area contributed by atoms with Crippen LogP contribution in [0.4, 0.5) is 5.69 Å². The summed E-state index contributed by atoms with van der Waals surface area (Å²) in [6.07, 6.45) is 8.56. The van der Waals surface area contributed by atoms with E-state index in [1.54, 1.807) is 0 Å². The summed E-state index contributed by atoms with van der Waals surface area (Å²) in [5.41, 5.74) is 2.85. The van der Waals surface area contributed by atoms with Gasteiger partial charge < -0.3 is 5.32 Å². The highest BCUT2D eigenvalue weighted by molar-refractivity contribution is 9.10. The standard InChI is InChI=1S/C15H20BrN/c16-14-7-6-12-8-13(10-17-15(12)9-14)11-4-2-1-3-5-11/h6-7,9,11,13,17H,1-5,8,10H2. The van der Waals surface area contributed by atoms with Gasteiger partial charge in [-0.15, -0.1) is 0 Å². The largest absolute Gasteiger partial charge is 0.384 e. The quantitative estimate of drug-likeness (QED) is 0.797. The van der Waals surface area contributed by atoms with E-state index >= 15 is 0 Å². The van der Waals surface area contributed by atoms with Crippen LogP contribution in [0.15, 0.2) is 22.7 Å². The van der Waals surface area contributed by atoms with Gasteiger partial charge in [0.2, 0.25) is 0 Å². The second-order valence-electron chi connectivity index (χ2n) is 5.54. The summed E-state index contributed by atoms with van der Waals surface area (Å²) in [6, 6.07) is 6.66. The third-order valence-electron chi connectivity index (χ3n) is 4.43. The number of anilines is 1. The molecule has 0 bridgehead atoms. The lowest BCUT2D eigenvalue weighted by atomic mass is 9.76. The first-order chi connectivity index (χ1) is 8.33. The van der Waals surface area contributed by atoms with E-state index in [-0.39, 0.29) is 0 Å². The summed E-state index contributed by atoms with van der Waals surface area (Å²) in [7, 11) is 0. The average molecular weight is 294 g/mol. The van der Waals surface area contributed by atoms with Crippen LogP contribution < -0.4 is 5.32 Å². The maximum Gasteiger partial charge on any atom is 0.0384 e. The van der Waals surface area contributed by atoms with Crippen molar-refractivity contribution in [3.05, 3.63) is 28.2 Å². The molecule has 2 aliphatic rings. The normalized spacial score (nSPS) is 25.1. The van der Waals surface area contributed by atoms with E-state index < -0.39 is 0 Å². The second-order valence-corrected chi connectivity index (χ2v) is 6.46. The Morgan fingerprint density at radius 1 is 1.06 bits per heavy atom. The molecule has 17 heavy (non-hydrogen) atoms. The molecule has 1 unspecified atom stereocenters. The average Bonchev–Trinajstić information content (AvgIpc) is 2.39. The molecule has 1 atom stereocenters. The summed E-state index contributed by atoms with van der Waals surface area (Å²) in [4.78, 5) is 0. The predicted molar refractivity (Wildman–Crippen MR) is 76.4 cm³/mol. The predicted octanol–water partition coefficient (Wildman–Crippen LogP) is 4.61. The third kappa shape index (κ3) is 2.52. The van der Waals surface area contributed by atoms with Crippen molar-refractivity contribution in [2.75, 3.05) is 11.9 Å². The van der Waals surface area contributed by atoms with Gasteiger partial charge in [-0.1, -0.05) is 54.1 Å². The molecular formula is C15H20BrN. The fraction of sp³-hybridized carbons (Fsp3) is 0.600. The van der Waals surface area contributed by atoms with Gasteiger partial charge in [0.25, 0.3) is 0 Å². The number of hydrogen-bond donors (Lipinski definition) is 1. The van der Waals surface area contributed by atoms with Crippen molar-refractivity contribution in [2.45, 2.75) is 38.5 Å². The van der Waals surface area contributed by atoms with Crippen LogP contribution in [0.25, 0.3) is 0 Å². The van der Waals surface area contributed by atoms with E-state index in [1.807, 2.05) is 0 Å². The summed E-state index contributed by atoms with van der Waals surface area (Å²) in [6.45, 7) is 1.17. The van der Waals surface area contributed by atoms with Crippen molar-refractivity contribution in [2.24, 2.45) is 11.8 Å². The van der Waals surface area contributed by atoms with Crippen molar-refractivity contribution in [1.82, 2.24) is 0 Å². The Labute approximate surface area is 112 Å². The number of fused-ring (bicyclic) bond motifs is 1. The number of nitrogens with one attached hydrogen (secondary N) is 1. The zero-order chi connectivity index (χ0) is 11.7. The van der Waals surface area contributed by atoms with E-state index in [0.717, 1.165) is 11.8 Å². The van der Waals surface area contributed by atoms with E-state index in [9.17, 15) is 0 Å². The Morgan fingerprint density at radius 2 is 1.88 bits per heavy atom. The van der Waals surface area contributed by atoms with Crippen molar-refractivity contribution < 1.29 is 0 Å². The number of halogens is 1. The second kappa shape index (κ2) is 5.01. The van der Waals surface area contributed by atoms with Gasteiger partial charge >= 0.3 is 0 Å². The van der Waals surface area contributed by atoms with E-state index in [1.165, 1.54) is 60.8 Å². The fourth-order valence-corrected chi connectivity index (χ4v) is 3.79. The lowest BCUT2D eigenvalue weighted by Crippen LogP contribution is -2.30. The van der Waals surface area contributed by atoms with Crippen LogP contribution >= 0.6 is 15.9 Å². The number of benzene rings is 1. The molecule has 0 saturated heterocycles. The molecule has 0 aromatic heterocycles. The van der Waals surface area contributed by atoms with Gasteiger partial charge in [0.15, 0.2) is 0 Å². The first-order valence-electron chi connectivity index (χ1n) is 6.85. The van der Waals surface area contributed by atoms with Crippen LogP contribution in [-0.2, 0) is 6.42 Å². The molecule has 2 heteroatoms. The van der Waals surface area contributed by atoms with Gasteiger partial charge in [-0.2, -0.15) is 0 Å². The molecule has 1 nitrogen and oxygen atoms in total. The van der Waals surface area contributed by atoms with Crippen molar-refractivity contribution in [3.63, 3.8) is 0 Å². The Kier molecular flexibility index (Phi) is 3.41. The summed E-state index contributed by atoms with van der Waals surface area (Å²) in [5.74, 6) is 1.83. The zero-order valence-corrected chi connectivity index (χ0v) is 11.8. The molecule has 1 aliphatic heterocycles. The molecule has 1 aromatic carbocycles. The molecule has 1 saturated carbocycles. The topological polar surface area (TPSA) is 12.0 Å². The highest BCUT2D eigenvalue weighted by Crippen LogP contribution is 2.36. The SMILES string of the molecule is Brc1ccc2c(c1)NCC(C1CCCCC1)C2. The summed E-state index contributed by atoms with van der Waals surface area (Å²) < 4.78 is 1.18. The molecule has 0 radical (unpaired) electrons. The molecule has 3 rings (SSSR count). The maximum absolute atomic E-state index is 3.62. The minimum Gasteiger partial charge on any atom is -0.384 e. The highest BCUT2D eigenvalue weighted by Gasteiger charge is 2.27. The van der Waals surface area contributed by atoms with Gasteiger partial charge in [-0.25, -0.2) is 0 Å². The molecule has 1 aromatic rings. The zero-order valence-electron chi connectivity index (χ0n) is 10.2. The minimum atomic E-state index is 0.865. The van der Waals surface area contributed by atoms with Crippen LogP contribution in [0.2, 0.25) is 0 Å². The smallest absolute Gasteiger partial charge is 0.0384 e. The van der Waals surface area contributed by atoms with Crippen molar-refractivity contribution >= 4 is 21.6 Å². The Morgan fingerprint density at radius 3 is 2.71 bits per heavy atom. The van der Waals surface area contributed by atoms with Crippen LogP contribution in [0, 0.1) is 11.8 Å². The van der Waals surface area contributed by atoms with Crippen molar-refractivity contribution in [3.8, 4) is 0 Å². The van der Waals surface area contributed by atoms with Gasteiger partial charge in [-0.05, 0) is 36.0 Å². The Balaban J connectivity index is 1.73. The van der Waals surface area contributed by atoms with Gasteiger partial charge in [-0.3, -0.25) is 0 Å². The van der Waals surface area contributed by atoms with Crippen LogP contribution in [-0.4, -0.2) is 6.54 Å². The monoisotopic (exact) mass is 293 g/mol. The molecule has 0 amide bonds. The maximum atomic E-state index is 3.62. The number of rotatable bonds is 1. The van der Waals surface area contributed by atoms with E-state index in [4.69, 9.17) is 0 Å². The van der Waals surface area contributed by atoms with E-state index in [2.05, 4.69) is 39.4 Å². The molecule has 1 aliphatic carbocycles. The van der Waals surface area contributed by atoms with Crippen LogP contribution in [0.1, 0.15) is 37.7 Å². The molecule has 0 spiro atoms. The Hall–Kier alpha value is -0.500. The lowest BCUT2D eigenvalue weighted by molar-refractivity contribution is 0.252. The van der Waals surface area contributed by atoms with Crippen LogP contribution in [0.5, 0.6) is 0 Å². The van der Waals surface area contributed by atoms with Crippen molar-refractivity contribution in [1.29, 1.82) is 0 Å². The summed E-state index contributed by atoms with van der Waals surface area (Å²) >= 11 is 3.54. The van der Waals surface area contributed by atoms with Crippen LogP contribution in [0.3, 0.4) is 0 Å². The minimum absolute atomic E-state index is 0.865. The van der Waals surface area contributed by atoms with Gasteiger partial charge in [0, 0.05) is 16.7 Å². The van der Waals surface area contributed by atoms with Gasteiger partial charge in [0.1, 0.15) is 0 Å². The summed E-state index contributed by atoms with van der Waals surface area (Å²) in [5, 5.41) is 3.62. The molecule has 92 valence electrons. The highest BCUT2D eigenvalue weighted by atomic mass is 79.9.